The van der Waals surface area contributed by atoms with Gasteiger partial charge in [0, 0.05) is 7.05 Å². The first-order chi connectivity index (χ1) is 9.25. The van der Waals surface area contributed by atoms with Crippen LogP contribution in [0.1, 0.15) is 0 Å². The summed E-state index contributed by atoms with van der Waals surface area (Å²) in [7, 11) is 1.73. The van der Waals surface area contributed by atoms with Gasteiger partial charge in [0.05, 0.1) is 11.3 Å². The summed E-state index contributed by atoms with van der Waals surface area (Å²) >= 11 is 1.32. The highest BCUT2D eigenvalue weighted by Gasteiger charge is 2.07. The van der Waals surface area contributed by atoms with Crippen LogP contribution in [0.5, 0.6) is 0 Å². The monoisotopic (exact) mass is 275 g/mol. The fourth-order valence-corrected chi connectivity index (χ4v) is 2.29. The average Bonchev–Trinajstić information content (AvgIpc) is 2.84. The fraction of sp³-hybridized carbons (Fsp3) is 0.200. The second-order valence-electron chi connectivity index (χ2n) is 3.77. The third-order valence-electron chi connectivity index (χ3n) is 2.53. The summed E-state index contributed by atoms with van der Waals surface area (Å²) in [5, 5.41) is 20.1. The maximum atomic E-state index is 12.2. The molecule has 0 unspecified atom stereocenters. The van der Waals surface area contributed by atoms with E-state index in [0.29, 0.717) is 21.9 Å². The normalized spacial score (nSPS) is 11.0. The van der Waals surface area contributed by atoms with Crippen molar-refractivity contribution in [2.24, 2.45) is 7.05 Å². The second-order valence-corrected chi connectivity index (χ2v) is 4.68. The molecule has 0 amide bonds. The lowest BCUT2D eigenvalue weighted by Gasteiger charge is -2.03. The number of tetrazole rings is 1. The van der Waals surface area contributed by atoms with Crippen molar-refractivity contribution >= 4 is 22.7 Å². The quantitative estimate of drug-likeness (QED) is 0.624. The van der Waals surface area contributed by atoms with Crippen molar-refractivity contribution < 1.29 is 0 Å². The topological polar surface area (TPSA) is 91.4 Å². The Morgan fingerprint density at radius 3 is 2.84 bits per heavy atom. The van der Waals surface area contributed by atoms with Gasteiger partial charge in [0.1, 0.15) is 5.52 Å². The summed E-state index contributed by atoms with van der Waals surface area (Å²) in [4.78, 5) is 12.2. The smallest absolute Gasteiger partial charge is 0.267 e. The van der Waals surface area contributed by atoms with Crippen LogP contribution in [-0.4, -0.2) is 35.2 Å². The van der Waals surface area contributed by atoms with E-state index in [2.05, 4.69) is 25.8 Å². The molecule has 0 bridgehead atoms. The molecule has 96 valence electrons. The number of thioether (sulfide) groups is 1. The first-order valence-corrected chi connectivity index (χ1v) is 6.42. The van der Waals surface area contributed by atoms with Gasteiger partial charge in [-0.25, -0.2) is 4.68 Å². The van der Waals surface area contributed by atoms with Gasteiger partial charge in [-0.1, -0.05) is 29.1 Å². The van der Waals surface area contributed by atoms with Crippen molar-refractivity contribution in [1.29, 1.82) is 0 Å². The number of fused-ring (bicyclic) bond motifs is 1. The van der Waals surface area contributed by atoms with Crippen LogP contribution in [0.4, 0.5) is 0 Å². The number of benzene rings is 1. The zero-order chi connectivity index (χ0) is 13.2. The van der Waals surface area contributed by atoms with Gasteiger partial charge >= 0.3 is 0 Å². The van der Waals surface area contributed by atoms with E-state index in [1.165, 1.54) is 21.1 Å². The van der Waals surface area contributed by atoms with Gasteiger partial charge in [-0.3, -0.25) is 4.79 Å². The van der Waals surface area contributed by atoms with E-state index in [1.807, 2.05) is 6.07 Å². The van der Waals surface area contributed by atoms with Gasteiger partial charge in [0.15, 0.2) is 0 Å². The van der Waals surface area contributed by atoms with Crippen molar-refractivity contribution in [1.82, 2.24) is 35.2 Å². The van der Waals surface area contributed by atoms with E-state index in [0.717, 1.165) is 0 Å². The Balaban J connectivity index is 1.92. The summed E-state index contributed by atoms with van der Waals surface area (Å²) in [5.74, 6) is 0.310. The van der Waals surface area contributed by atoms with E-state index in [4.69, 9.17) is 0 Å². The Kier molecular flexibility index (Phi) is 2.95. The number of nitrogens with zero attached hydrogens (tertiary/aromatic N) is 7. The number of aromatic nitrogens is 7. The Labute approximate surface area is 111 Å². The van der Waals surface area contributed by atoms with E-state index in [-0.39, 0.29) is 5.56 Å². The van der Waals surface area contributed by atoms with Crippen molar-refractivity contribution in [3.05, 3.63) is 34.6 Å². The van der Waals surface area contributed by atoms with Crippen LogP contribution in [0.3, 0.4) is 0 Å². The van der Waals surface area contributed by atoms with Crippen molar-refractivity contribution in [3.8, 4) is 0 Å². The average molecular weight is 275 g/mol. The van der Waals surface area contributed by atoms with Gasteiger partial charge in [0.2, 0.25) is 5.16 Å². The molecule has 0 aliphatic carbocycles. The number of aryl methyl sites for hydroxylation is 1. The second kappa shape index (κ2) is 4.76. The van der Waals surface area contributed by atoms with Crippen LogP contribution in [0, 0.1) is 0 Å². The standard InChI is InChI=1S/C10H9N7OS/c1-16-10(12-13-15-16)19-6-17-9(18)7-4-2-3-5-8(7)11-14-17/h2-5H,6H2,1H3. The first kappa shape index (κ1) is 11.8. The van der Waals surface area contributed by atoms with Gasteiger partial charge in [-0.05, 0) is 22.6 Å². The fourth-order valence-electron chi connectivity index (χ4n) is 1.57. The maximum Gasteiger partial charge on any atom is 0.278 e. The molecule has 0 atom stereocenters. The molecule has 19 heavy (non-hydrogen) atoms. The number of hydrogen-bond acceptors (Lipinski definition) is 7. The lowest BCUT2D eigenvalue weighted by atomic mass is 10.2. The summed E-state index contributed by atoms with van der Waals surface area (Å²) < 4.78 is 2.83. The molecule has 0 saturated carbocycles. The molecule has 0 N–H and O–H groups in total. The number of hydrogen-bond donors (Lipinski definition) is 0. The largest absolute Gasteiger partial charge is 0.278 e. The SMILES string of the molecule is Cn1nnnc1SCn1nnc2ccccc2c1=O. The molecule has 8 nitrogen and oxygen atoms in total. The molecule has 0 radical (unpaired) electrons. The Morgan fingerprint density at radius 1 is 1.21 bits per heavy atom. The molecule has 3 aromatic rings. The van der Waals surface area contributed by atoms with Crippen molar-refractivity contribution in [3.63, 3.8) is 0 Å². The Hall–Kier alpha value is -2.29. The lowest BCUT2D eigenvalue weighted by Crippen LogP contribution is -2.23. The maximum absolute atomic E-state index is 12.2. The zero-order valence-corrected chi connectivity index (χ0v) is 10.8. The molecule has 3 rings (SSSR count). The molecule has 0 saturated heterocycles. The first-order valence-electron chi connectivity index (χ1n) is 5.43. The molecular formula is C10H9N7OS. The van der Waals surface area contributed by atoms with Crippen LogP contribution in [0.2, 0.25) is 0 Å². The molecular weight excluding hydrogens is 266 g/mol. The van der Waals surface area contributed by atoms with Crippen molar-refractivity contribution in [2.75, 3.05) is 0 Å². The van der Waals surface area contributed by atoms with E-state index in [1.54, 1.807) is 25.2 Å². The van der Waals surface area contributed by atoms with E-state index in [9.17, 15) is 4.79 Å². The van der Waals surface area contributed by atoms with Crippen LogP contribution >= 0.6 is 11.8 Å². The molecule has 2 aromatic heterocycles. The minimum Gasteiger partial charge on any atom is -0.267 e. The van der Waals surface area contributed by atoms with E-state index >= 15 is 0 Å². The van der Waals surface area contributed by atoms with Crippen LogP contribution < -0.4 is 5.56 Å². The molecule has 0 fully saturated rings. The Bertz CT molecular complexity index is 781. The predicted molar refractivity (Wildman–Crippen MR) is 68.5 cm³/mol. The predicted octanol–water partition coefficient (Wildman–Crippen LogP) is 0.0648. The molecule has 0 spiro atoms. The molecule has 0 aliphatic rings. The number of rotatable bonds is 3. The van der Waals surface area contributed by atoms with Gasteiger partial charge < -0.3 is 0 Å². The zero-order valence-electron chi connectivity index (χ0n) is 9.96. The van der Waals surface area contributed by atoms with E-state index < -0.39 is 0 Å². The molecule has 0 aliphatic heterocycles. The van der Waals surface area contributed by atoms with Gasteiger partial charge in [0.25, 0.3) is 5.56 Å². The third kappa shape index (κ3) is 2.19. The minimum absolute atomic E-state index is 0.173. The third-order valence-corrected chi connectivity index (χ3v) is 3.50. The van der Waals surface area contributed by atoms with Gasteiger partial charge in [-0.2, -0.15) is 4.68 Å². The lowest BCUT2D eigenvalue weighted by molar-refractivity contribution is 0.635. The summed E-state index contributed by atoms with van der Waals surface area (Å²) in [6.45, 7) is 0. The van der Waals surface area contributed by atoms with Gasteiger partial charge in [-0.15, -0.1) is 10.2 Å². The highest BCUT2D eigenvalue weighted by atomic mass is 32.2. The van der Waals surface area contributed by atoms with Crippen molar-refractivity contribution in [2.45, 2.75) is 11.0 Å². The molecule has 9 heteroatoms. The van der Waals surface area contributed by atoms with Crippen LogP contribution in [-0.2, 0) is 12.9 Å². The van der Waals surface area contributed by atoms with Crippen LogP contribution in [0.15, 0.2) is 34.2 Å². The molecule has 2 heterocycles. The highest BCUT2D eigenvalue weighted by molar-refractivity contribution is 7.98. The minimum atomic E-state index is -0.173. The summed E-state index contributed by atoms with van der Waals surface area (Å²) in [6, 6.07) is 7.11. The summed E-state index contributed by atoms with van der Waals surface area (Å²) in [6.07, 6.45) is 0. The highest BCUT2D eigenvalue weighted by Crippen LogP contribution is 2.13. The van der Waals surface area contributed by atoms with Crippen LogP contribution in [0.25, 0.3) is 10.9 Å². The molecule has 1 aromatic carbocycles. The summed E-state index contributed by atoms with van der Waals surface area (Å²) in [5.41, 5.74) is 0.419. The Morgan fingerprint density at radius 2 is 2.05 bits per heavy atom.